The molecule has 0 atom stereocenters. The second kappa shape index (κ2) is 4.23. The van der Waals surface area contributed by atoms with Gasteiger partial charge in [0.1, 0.15) is 40.8 Å². The lowest BCUT2D eigenvalue weighted by Crippen LogP contribution is -2.07. The molecule has 4 heteroatoms. The third-order valence-corrected chi connectivity index (χ3v) is 3.54. The molecule has 0 radical (unpaired) electrons. The Hall–Kier alpha value is -3.55. The van der Waals surface area contributed by atoms with Crippen molar-refractivity contribution in [2.24, 2.45) is 0 Å². The summed E-state index contributed by atoms with van der Waals surface area (Å²) in [4.78, 5) is 12.4. The zero-order chi connectivity index (χ0) is 15.1. The normalized spacial score (nSPS) is 15.2. The van der Waals surface area contributed by atoms with Crippen LogP contribution < -0.4 is 0 Å². The Balaban J connectivity index is 2.27. The maximum Gasteiger partial charge on any atom is 0.267 e. The summed E-state index contributed by atoms with van der Waals surface area (Å²) in [6, 6.07) is 8.85. The number of nitrogens with zero attached hydrogens (tertiary/aromatic N) is 3. The first-order chi connectivity index (χ1) is 10.1. The van der Waals surface area contributed by atoms with Crippen molar-refractivity contribution >= 4 is 11.4 Å². The fourth-order valence-corrected chi connectivity index (χ4v) is 2.50. The smallest absolute Gasteiger partial charge is 0.267 e. The number of allylic oxidation sites excluding steroid dienone is 5. The predicted molar refractivity (Wildman–Crippen MR) is 74.3 cm³/mol. The van der Waals surface area contributed by atoms with E-state index >= 15 is 0 Å². The Morgan fingerprint density at radius 1 is 1.00 bits per heavy atom. The van der Waals surface area contributed by atoms with Crippen LogP contribution in [0.25, 0.3) is 5.57 Å². The van der Waals surface area contributed by atoms with Gasteiger partial charge in [-0.25, -0.2) is 0 Å². The lowest BCUT2D eigenvalue weighted by atomic mass is 9.87. The van der Waals surface area contributed by atoms with E-state index in [1.807, 2.05) is 18.2 Å². The van der Waals surface area contributed by atoms with Crippen LogP contribution >= 0.6 is 0 Å². The Bertz CT molecular complexity index is 911. The van der Waals surface area contributed by atoms with Gasteiger partial charge >= 0.3 is 0 Å². The first-order valence-corrected chi connectivity index (χ1v) is 6.04. The van der Waals surface area contributed by atoms with Crippen LogP contribution in [-0.2, 0) is 0 Å². The van der Waals surface area contributed by atoms with E-state index in [2.05, 4.69) is 6.58 Å². The van der Waals surface area contributed by atoms with Gasteiger partial charge in [0.15, 0.2) is 0 Å². The molecule has 2 aliphatic carbocycles. The molecule has 1 aromatic carbocycles. The quantitative estimate of drug-likeness (QED) is 0.676. The van der Waals surface area contributed by atoms with E-state index in [1.54, 1.807) is 12.1 Å². The molecule has 0 aromatic heterocycles. The van der Waals surface area contributed by atoms with Crippen LogP contribution in [0.1, 0.15) is 27.0 Å². The summed E-state index contributed by atoms with van der Waals surface area (Å²) in [7, 11) is 0. The second-order valence-corrected chi connectivity index (χ2v) is 4.66. The molecule has 3 rings (SSSR count). The number of carbonyl (C=O) groups is 1. The zero-order valence-electron chi connectivity index (χ0n) is 10.8. The standard InChI is InChI=1S/C17H6N3O/c1-9-2-13-14-4-11(7-19)12(8-20)5-16(14)17(21)15(13)3-10(9)6-18/h2-5H,1H2/q+1. The van der Waals surface area contributed by atoms with Crippen LogP contribution in [0, 0.1) is 39.9 Å². The summed E-state index contributed by atoms with van der Waals surface area (Å²) >= 11 is 0. The average Bonchev–Trinajstić information content (AvgIpc) is 2.77. The van der Waals surface area contributed by atoms with E-state index in [0.717, 1.165) is 0 Å². The molecule has 0 aliphatic heterocycles. The number of hydrogen-bond donors (Lipinski definition) is 0. The third kappa shape index (κ3) is 1.59. The highest BCUT2D eigenvalue weighted by molar-refractivity contribution is 6.26. The SMILES string of the molecule is C=C1C=C2c3cc(C#N)c(C#N)cc3C(=O)[C+]2C=C1C#N. The summed E-state index contributed by atoms with van der Waals surface area (Å²) in [5, 5.41) is 27.2. The lowest BCUT2D eigenvalue weighted by Gasteiger charge is -2.06. The number of carbonyl (C=O) groups excluding carboxylic acids is 1. The molecule has 1 aromatic rings. The van der Waals surface area contributed by atoms with E-state index in [4.69, 9.17) is 15.8 Å². The minimum Gasteiger partial charge on any atom is -0.269 e. The first kappa shape index (κ1) is 12.5. The van der Waals surface area contributed by atoms with Gasteiger partial charge in [0.2, 0.25) is 0 Å². The van der Waals surface area contributed by atoms with Gasteiger partial charge in [-0.05, 0) is 0 Å². The Labute approximate surface area is 121 Å². The molecule has 21 heavy (non-hydrogen) atoms. The Kier molecular flexibility index (Phi) is 2.52. The number of hydrogen-bond acceptors (Lipinski definition) is 4. The number of Topliss-reactive ketones (excluding diaryl/α,β-unsaturated/α-hetero) is 1. The molecule has 4 nitrogen and oxygen atoms in total. The van der Waals surface area contributed by atoms with Gasteiger partial charge in [0.25, 0.3) is 5.78 Å². The number of benzene rings is 1. The summed E-state index contributed by atoms with van der Waals surface area (Å²) < 4.78 is 0. The molecule has 0 N–H and O–H groups in total. The van der Waals surface area contributed by atoms with E-state index in [1.165, 1.54) is 12.1 Å². The van der Waals surface area contributed by atoms with Gasteiger partial charge in [0, 0.05) is 24.3 Å². The van der Waals surface area contributed by atoms with Gasteiger partial charge in [0.05, 0.1) is 22.3 Å². The van der Waals surface area contributed by atoms with Gasteiger partial charge in [-0.1, -0.05) is 6.58 Å². The molecule has 0 saturated carbocycles. The molecule has 0 fully saturated rings. The molecule has 0 bridgehead atoms. The van der Waals surface area contributed by atoms with Crippen LogP contribution in [0.2, 0.25) is 0 Å². The van der Waals surface area contributed by atoms with E-state index in [9.17, 15) is 4.79 Å². The molecule has 94 valence electrons. The largest absolute Gasteiger partial charge is 0.269 e. The summed E-state index contributed by atoms with van der Waals surface area (Å²) in [5.41, 5.74) is 2.92. The van der Waals surface area contributed by atoms with Crippen LogP contribution in [0.4, 0.5) is 0 Å². The second-order valence-electron chi connectivity index (χ2n) is 4.66. The van der Waals surface area contributed by atoms with E-state index in [0.29, 0.717) is 33.8 Å². The molecule has 0 amide bonds. The molecule has 2 aliphatic rings. The summed E-state index contributed by atoms with van der Waals surface area (Å²) in [6.07, 6.45) is 3.18. The van der Waals surface area contributed by atoms with Crippen molar-refractivity contribution < 1.29 is 4.79 Å². The molecule has 0 spiro atoms. The van der Waals surface area contributed by atoms with Crippen molar-refractivity contribution in [3.05, 3.63) is 70.2 Å². The molecule has 0 heterocycles. The van der Waals surface area contributed by atoms with Crippen molar-refractivity contribution in [2.75, 3.05) is 0 Å². The molecular weight excluding hydrogens is 262 g/mol. The average molecular weight is 268 g/mol. The molecular formula is C17H6N3O+. The number of ketones is 1. The monoisotopic (exact) mass is 268 g/mol. The van der Waals surface area contributed by atoms with Gasteiger partial charge in [-0.2, -0.15) is 15.8 Å². The Morgan fingerprint density at radius 2 is 1.62 bits per heavy atom. The predicted octanol–water partition coefficient (Wildman–Crippen LogP) is 2.60. The van der Waals surface area contributed by atoms with Crippen molar-refractivity contribution in [3.8, 4) is 18.2 Å². The number of rotatable bonds is 0. The Morgan fingerprint density at radius 3 is 2.19 bits per heavy atom. The lowest BCUT2D eigenvalue weighted by molar-refractivity contribution is 0.102. The van der Waals surface area contributed by atoms with E-state index < -0.39 is 0 Å². The molecule has 0 saturated heterocycles. The van der Waals surface area contributed by atoms with Gasteiger partial charge < -0.3 is 0 Å². The molecule has 0 unspecified atom stereocenters. The van der Waals surface area contributed by atoms with Crippen LogP contribution in [-0.4, -0.2) is 5.78 Å². The summed E-state index contributed by atoms with van der Waals surface area (Å²) in [6.45, 7) is 3.79. The fraction of sp³-hybridized carbons (Fsp3) is 0. The van der Waals surface area contributed by atoms with Crippen LogP contribution in [0.15, 0.2) is 42.0 Å². The first-order valence-electron chi connectivity index (χ1n) is 6.04. The van der Waals surface area contributed by atoms with Crippen molar-refractivity contribution in [2.45, 2.75) is 0 Å². The summed E-state index contributed by atoms with van der Waals surface area (Å²) in [5.74, 6) is 0.172. The minimum absolute atomic E-state index is 0.174. The fourth-order valence-electron chi connectivity index (χ4n) is 2.50. The third-order valence-electron chi connectivity index (χ3n) is 3.54. The zero-order valence-corrected chi connectivity index (χ0v) is 10.8. The topological polar surface area (TPSA) is 88.4 Å². The van der Waals surface area contributed by atoms with Crippen LogP contribution in [0.3, 0.4) is 0 Å². The highest BCUT2D eigenvalue weighted by atomic mass is 16.1. The number of nitriles is 3. The van der Waals surface area contributed by atoms with Crippen molar-refractivity contribution in [1.29, 1.82) is 15.8 Å². The van der Waals surface area contributed by atoms with Crippen molar-refractivity contribution in [1.82, 2.24) is 0 Å². The maximum absolute atomic E-state index is 12.4. The maximum atomic E-state index is 12.4. The number of fused-ring (bicyclic) bond motifs is 3. The highest BCUT2D eigenvalue weighted by Crippen LogP contribution is 2.44. The van der Waals surface area contributed by atoms with Crippen LogP contribution in [0.5, 0.6) is 0 Å². The highest BCUT2D eigenvalue weighted by Gasteiger charge is 2.45. The van der Waals surface area contributed by atoms with Gasteiger partial charge in [-0.15, -0.1) is 0 Å². The van der Waals surface area contributed by atoms with E-state index in [-0.39, 0.29) is 16.9 Å². The minimum atomic E-state index is -0.238. The van der Waals surface area contributed by atoms with Gasteiger partial charge in [-0.3, -0.25) is 4.79 Å². The van der Waals surface area contributed by atoms with Crippen molar-refractivity contribution in [3.63, 3.8) is 0 Å².